The number of rotatable bonds is 8. The summed E-state index contributed by atoms with van der Waals surface area (Å²) in [5.41, 5.74) is 7.13. The second kappa shape index (κ2) is 15.3. The Bertz CT molecular complexity index is 1940. The lowest BCUT2D eigenvalue weighted by Crippen LogP contribution is -2.29. The van der Waals surface area contributed by atoms with E-state index in [1.165, 1.54) is 59.6 Å². The molecule has 4 aliphatic rings. The number of hydrogen-bond acceptors (Lipinski definition) is 1. The molecule has 0 spiro atoms. The first-order chi connectivity index (χ1) is 24.3. The Morgan fingerprint density at radius 3 is 1.40 bits per heavy atom. The van der Waals surface area contributed by atoms with Crippen LogP contribution in [-0.4, -0.2) is 9.04 Å². The van der Waals surface area contributed by atoms with Gasteiger partial charge in [-0.1, -0.05) is 166 Å². The highest BCUT2D eigenvalue weighted by Gasteiger charge is 2.30. The van der Waals surface area contributed by atoms with Crippen LogP contribution in [0.5, 0.6) is 0 Å². The minimum absolute atomic E-state index is 0.0157. The molecule has 6 aromatic carbocycles. The SMILES string of the molecule is C[Si](C)OC1Cc2cc(C(C)(C)C)c(cc2P(c2ccccc2)c2ccccc2)CCc2ccc1cc2P(c1ccccc1)c1ccccc1. The van der Waals surface area contributed by atoms with E-state index >= 15 is 0 Å². The maximum absolute atomic E-state index is 7.06. The van der Waals surface area contributed by atoms with Crippen LogP contribution in [0.1, 0.15) is 54.7 Å². The Morgan fingerprint density at radius 1 is 0.520 bits per heavy atom. The molecule has 0 aliphatic heterocycles. The molecular formula is C46H47OP2Si. The summed E-state index contributed by atoms with van der Waals surface area (Å²) in [6.07, 6.45) is 2.81. The van der Waals surface area contributed by atoms with Gasteiger partial charge in [0.2, 0.25) is 9.04 Å². The third-order valence-electron chi connectivity index (χ3n) is 9.58. The highest BCUT2D eigenvalue weighted by atomic mass is 31.1. The van der Waals surface area contributed by atoms with Crippen LogP contribution >= 0.6 is 15.8 Å². The van der Waals surface area contributed by atoms with E-state index < -0.39 is 24.9 Å². The van der Waals surface area contributed by atoms with Crippen LogP contribution in [0.4, 0.5) is 0 Å². The monoisotopic (exact) mass is 705 g/mol. The summed E-state index contributed by atoms with van der Waals surface area (Å²) in [7, 11) is -2.51. The summed E-state index contributed by atoms with van der Waals surface area (Å²) in [6, 6.07) is 57.3. The third kappa shape index (κ3) is 7.66. The van der Waals surface area contributed by atoms with E-state index in [1.54, 1.807) is 0 Å². The molecule has 0 N–H and O–H groups in total. The molecule has 251 valence electrons. The van der Waals surface area contributed by atoms with Gasteiger partial charge < -0.3 is 4.43 Å². The predicted octanol–water partition coefficient (Wildman–Crippen LogP) is 9.15. The van der Waals surface area contributed by atoms with Crippen molar-refractivity contribution in [2.45, 2.75) is 64.6 Å². The molecule has 0 fully saturated rings. The van der Waals surface area contributed by atoms with Crippen molar-refractivity contribution in [1.29, 1.82) is 0 Å². The fourth-order valence-electron chi connectivity index (χ4n) is 7.30. The smallest absolute Gasteiger partial charge is 0.205 e. The second-order valence-corrected chi connectivity index (χ2v) is 20.9. The molecule has 1 radical (unpaired) electrons. The van der Waals surface area contributed by atoms with Gasteiger partial charge in [0, 0.05) is 6.42 Å². The largest absolute Gasteiger partial charge is 0.410 e. The second-order valence-electron chi connectivity index (χ2n) is 14.5. The van der Waals surface area contributed by atoms with Gasteiger partial charge in [0.1, 0.15) is 0 Å². The van der Waals surface area contributed by atoms with E-state index in [-0.39, 0.29) is 11.5 Å². The maximum atomic E-state index is 7.06. The third-order valence-corrected chi connectivity index (χ3v) is 15.4. The molecule has 0 heterocycles. The van der Waals surface area contributed by atoms with Crippen molar-refractivity contribution in [1.82, 2.24) is 0 Å². The van der Waals surface area contributed by atoms with Gasteiger partial charge in [0.05, 0.1) is 6.10 Å². The fourth-order valence-corrected chi connectivity index (χ4v) is 13.2. The molecule has 1 nitrogen and oxygen atoms in total. The van der Waals surface area contributed by atoms with Crippen LogP contribution in [0.3, 0.4) is 0 Å². The highest BCUT2D eigenvalue weighted by molar-refractivity contribution is 7.80. The molecule has 0 amide bonds. The first kappa shape index (κ1) is 34.8. The van der Waals surface area contributed by atoms with Crippen molar-refractivity contribution < 1.29 is 4.43 Å². The zero-order valence-electron chi connectivity index (χ0n) is 29.9. The molecule has 0 saturated heterocycles. The minimum Gasteiger partial charge on any atom is -0.410 e. The topological polar surface area (TPSA) is 9.23 Å². The van der Waals surface area contributed by atoms with Gasteiger partial charge in [0.15, 0.2) is 0 Å². The van der Waals surface area contributed by atoms with Crippen molar-refractivity contribution >= 4 is 56.7 Å². The van der Waals surface area contributed by atoms with Gasteiger partial charge in [-0.2, -0.15) is 0 Å². The summed E-state index contributed by atoms with van der Waals surface area (Å²) in [5.74, 6) is 0. The van der Waals surface area contributed by atoms with E-state index in [1.807, 2.05) is 0 Å². The minimum atomic E-state index is -1.00. The van der Waals surface area contributed by atoms with Crippen molar-refractivity contribution in [3.8, 4) is 0 Å². The van der Waals surface area contributed by atoms with Crippen LogP contribution in [0.25, 0.3) is 0 Å². The van der Waals surface area contributed by atoms with E-state index in [9.17, 15) is 0 Å². The first-order valence-electron chi connectivity index (χ1n) is 17.8. The van der Waals surface area contributed by atoms with Gasteiger partial charge >= 0.3 is 0 Å². The predicted molar refractivity (Wildman–Crippen MR) is 221 cm³/mol. The first-order valence-corrected chi connectivity index (χ1v) is 22.9. The average molecular weight is 706 g/mol. The van der Waals surface area contributed by atoms with Gasteiger partial charge in [0.25, 0.3) is 0 Å². The molecule has 4 bridgehead atoms. The van der Waals surface area contributed by atoms with Gasteiger partial charge in [-0.15, -0.1) is 0 Å². The van der Waals surface area contributed by atoms with E-state index in [2.05, 4.69) is 186 Å². The zero-order valence-corrected chi connectivity index (χ0v) is 32.7. The van der Waals surface area contributed by atoms with Crippen molar-refractivity contribution in [3.05, 3.63) is 179 Å². The Kier molecular flexibility index (Phi) is 10.7. The van der Waals surface area contributed by atoms with Crippen LogP contribution in [0.2, 0.25) is 13.1 Å². The van der Waals surface area contributed by atoms with E-state index in [0.29, 0.717) is 0 Å². The number of benzene rings is 6. The molecular weight excluding hydrogens is 659 g/mol. The van der Waals surface area contributed by atoms with Crippen molar-refractivity contribution in [2.75, 3.05) is 0 Å². The normalized spacial score (nSPS) is 14.7. The van der Waals surface area contributed by atoms with Crippen LogP contribution in [0.15, 0.2) is 152 Å². The van der Waals surface area contributed by atoms with Crippen LogP contribution < -0.4 is 31.8 Å². The lowest BCUT2D eigenvalue weighted by Gasteiger charge is -2.32. The number of aryl methyl sites for hydroxylation is 2. The molecule has 4 aliphatic carbocycles. The van der Waals surface area contributed by atoms with E-state index in [4.69, 9.17) is 4.43 Å². The van der Waals surface area contributed by atoms with Crippen molar-refractivity contribution in [2.24, 2.45) is 0 Å². The Balaban J connectivity index is 1.46. The molecule has 0 aromatic heterocycles. The van der Waals surface area contributed by atoms with Gasteiger partial charge in [-0.3, -0.25) is 0 Å². The molecule has 1 atom stereocenters. The Morgan fingerprint density at radius 2 is 0.960 bits per heavy atom. The lowest BCUT2D eigenvalue weighted by molar-refractivity contribution is 0.210. The molecule has 1 unspecified atom stereocenters. The molecule has 4 heteroatoms. The Labute approximate surface area is 304 Å². The fraction of sp³-hybridized carbons (Fsp3) is 0.217. The molecule has 10 rings (SSSR count). The standard InChI is InChI=1S/C46H47OP2Si/c1-46(2,3)42-30-37-31-43(47-50(4)5)36-29-27-34(44(33-36)48(38-18-10-6-11-19-38)39-20-12-7-13-21-39)26-28-35(42)32-45(37)49(40-22-14-8-15-23-40)41-24-16-9-17-25-41/h6-25,27,29-30,32-33,43H,26,28,31H2,1-5H3. The maximum Gasteiger partial charge on any atom is 0.205 e. The Hall–Kier alpha value is -3.64. The van der Waals surface area contributed by atoms with Crippen LogP contribution in [-0.2, 0) is 29.1 Å². The van der Waals surface area contributed by atoms with Gasteiger partial charge in [-0.05, 0) is 113 Å². The molecule has 6 aromatic rings. The summed E-state index contributed by atoms with van der Waals surface area (Å²) >= 11 is 0. The molecule has 0 saturated carbocycles. The zero-order chi connectivity index (χ0) is 34.7. The van der Waals surface area contributed by atoms with Gasteiger partial charge in [-0.25, -0.2) is 0 Å². The lowest BCUT2D eigenvalue weighted by atomic mass is 9.80. The average Bonchev–Trinajstić information content (AvgIpc) is 3.12. The summed E-state index contributed by atoms with van der Waals surface area (Å²) < 4.78 is 7.06. The van der Waals surface area contributed by atoms with Crippen molar-refractivity contribution in [3.63, 3.8) is 0 Å². The summed E-state index contributed by atoms with van der Waals surface area (Å²) in [5, 5.41) is 8.52. The molecule has 50 heavy (non-hydrogen) atoms. The summed E-state index contributed by atoms with van der Waals surface area (Å²) in [6.45, 7) is 11.7. The quantitative estimate of drug-likeness (QED) is 0.113. The highest BCUT2D eigenvalue weighted by Crippen LogP contribution is 2.41. The van der Waals surface area contributed by atoms with E-state index in [0.717, 1.165) is 19.3 Å². The van der Waals surface area contributed by atoms with Crippen LogP contribution in [0, 0.1) is 0 Å². The number of hydrogen-bond donors (Lipinski definition) is 0. The summed E-state index contributed by atoms with van der Waals surface area (Å²) in [4.78, 5) is 0.